The molecule has 3 aromatic carbocycles. The molecule has 0 amide bonds. The van der Waals surface area contributed by atoms with Crippen LogP contribution in [-0.4, -0.2) is 36.3 Å². The van der Waals surface area contributed by atoms with Gasteiger partial charge in [0.2, 0.25) is 0 Å². The minimum absolute atomic E-state index is 0. The smallest absolute Gasteiger partial charge is 2.00 e. The Balaban J connectivity index is 0.00000132. The first-order chi connectivity index (χ1) is 10.4. The van der Waals surface area contributed by atoms with E-state index in [2.05, 4.69) is 77.5 Å². The number of benzene rings is 3. The first kappa shape index (κ1) is 20.1. The van der Waals surface area contributed by atoms with Crippen LogP contribution in [0.25, 0.3) is 0 Å². The van der Waals surface area contributed by atoms with E-state index < -0.39 is 13.3 Å². The average molecular weight is 432 g/mol. The summed E-state index contributed by atoms with van der Waals surface area (Å²) < 4.78 is 6.72. The third kappa shape index (κ3) is 3.92. The van der Waals surface area contributed by atoms with Crippen molar-refractivity contribution in [3.63, 3.8) is 0 Å². The molecule has 0 saturated heterocycles. The van der Waals surface area contributed by atoms with Crippen molar-refractivity contribution in [3.8, 4) is 4.75 Å². The van der Waals surface area contributed by atoms with E-state index in [1.165, 1.54) is 13.2 Å². The maximum Gasteiger partial charge on any atom is 2.00 e. The molecule has 0 atom stereocenters. The summed E-state index contributed by atoms with van der Waals surface area (Å²) in [7, 11) is 0. The average Bonchev–Trinajstić information content (AvgIpc) is 2.59. The Morgan fingerprint density at radius 2 is 0.826 bits per heavy atom. The van der Waals surface area contributed by atoms with E-state index in [1.807, 2.05) is 18.2 Å². The van der Waals surface area contributed by atoms with Crippen molar-refractivity contribution in [2.75, 3.05) is 0 Å². The van der Waals surface area contributed by atoms with E-state index >= 15 is 0 Å². The van der Waals surface area contributed by atoms with Gasteiger partial charge in [-0.15, -0.1) is 0 Å². The normalized spacial score (nSPS) is 9.87. The molecular weight excluding hydrogens is 417 g/mol. The van der Waals surface area contributed by atoms with Crippen molar-refractivity contribution in [2.45, 2.75) is 0 Å². The van der Waals surface area contributed by atoms with Crippen LogP contribution in [0.3, 0.4) is 0 Å². The Hall–Kier alpha value is -0.991. The molecule has 0 heterocycles. The number of halogens is 1. The molecule has 3 heteroatoms. The summed E-state index contributed by atoms with van der Waals surface area (Å²) in [6, 6.07) is 31.2. The van der Waals surface area contributed by atoms with Crippen LogP contribution in [0.15, 0.2) is 91.0 Å². The molecule has 23 heavy (non-hydrogen) atoms. The molecule has 0 nitrogen and oxygen atoms in total. The maximum absolute atomic E-state index is 8.15. The summed E-state index contributed by atoms with van der Waals surface area (Å²) in [6.45, 7) is 0. The Morgan fingerprint density at radius 1 is 0.565 bits per heavy atom. The molecule has 0 radical (unpaired) electrons. The predicted molar refractivity (Wildman–Crippen MR) is 96.9 cm³/mol. The standard InChI is InChI=1S/C20H15Ge.BrH.Mg/c1-2-21(18-12-6-3-7-13-18,19-14-8-4-9-15-19)20-16-10-5-11-17-20;;/h3-17H;1H;/q-1;;+2/p-1. The molecule has 0 aliphatic heterocycles. The minimum Gasteiger partial charge on any atom is 2.00 e. The van der Waals surface area contributed by atoms with Crippen LogP contribution in [0.4, 0.5) is 0 Å². The summed E-state index contributed by atoms with van der Waals surface area (Å²) in [6.07, 6.45) is 8.15. The molecule has 0 aliphatic rings. The Kier molecular flexibility index (Phi) is 8.14. The Labute approximate surface area is 167 Å². The quantitative estimate of drug-likeness (QED) is 0.281. The molecule has 3 rings (SSSR count). The van der Waals surface area contributed by atoms with E-state index in [-0.39, 0.29) is 40.0 Å². The fraction of sp³-hybridized carbons (Fsp3) is 0. The number of rotatable bonds is 3. The van der Waals surface area contributed by atoms with Crippen molar-refractivity contribution in [2.24, 2.45) is 0 Å². The molecule has 0 aliphatic carbocycles. The van der Waals surface area contributed by atoms with E-state index in [0.717, 1.165) is 0 Å². The number of hydrogen-bond acceptors (Lipinski definition) is 0. The molecule has 0 aromatic heterocycles. The summed E-state index contributed by atoms with van der Waals surface area (Å²) in [5.74, 6) is 0. The van der Waals surface area contributed by atoms with Crippen LogP contribution in [0, 0.1) is 11.2 Å². The fourth-order valence-electron chi connectivity index (χ4n) is 2.78. The van der Waals surface area contributed by atoms with Gasteiger partial charge in [-0.25, -0.2) is 0 Å². The number of hydrogen-bond donors (Lipinski definition) is 0. The van der Waals surface area contributed by atoms with Crippen molar-refractivity contribution in [3.05, 3.63) is 97.4 Å². The Morgan fingerprint density at radius 3 is 1.04 bits per heavy atom. The van der Waals surface area contributed by atoms with Crippen molar-refractivity contribution < 1.29 is 17.0 Å². The van der Waals surface area contributed by atoms with Crippen LogP contribution in [0.1, 0.15) is 0 Å². The van der Waals surface area contributed by atoms with Gasteiger partial charge in [0.25, 0.3) is 0 Å². The SMILES string of the molecule is [Br-].[C-]#[C][Ge]([c]1ccccc1)([c]1ccccc1)[c]1ccccc1.[Mg+2]. The first-order valence-corrected chi connectivity index (χ1v) is 11.2. The van der Waals surface area contributed by atoms with E-state index in [9.17, 15) is 0 Å². The van der Waals surface area contributed by atoms with Gasteiger partial charge in [0.05, 0.1) is 0 Å². The summed E-state index contributed by atoms with van der Waals surface area (Å²) in [4.78, 5) is 0. The summed E-state index contributed by atoms with van der Waals surface area (Å²) >= 11 is -3.12. The zero-order valence-corrected chi connectivity index (χ0v) is 17.8. The molecule has 0 saturated carbocycles. The van der Waals surface area contributed by atoms with Crippen LogP contribution in [-0.2, 0) is 0 Å². The molecule has 0 spiro atoms. The fourth-order valence-corrected chi connectivity index (χ4v) is 10.1. The van der Waals surface area contributed by atoms with Gasteiger partial charge in [0.1, 0.15) is 0 Å². The van der Waals surface area contributed by atoms with Gasteiger partial charge >= 0.3 is 152 Å². The molecule has 0 unspecified atom stereocenters. The Bertz CT molecular complexity index is 655. The van der Waals surface area contributed by atoms with Gasteiger partial charge in [-0.2, -0.15) is 0 Å². The maximum atomic E-state index is 8.15. The van der Waals surface area contributed by atoms with Gasteiger partial charge in [0.15, 0.2) is 0 Å². The molecular formula is C20H15BrGeMg. The summed E-state index contributed by atoms with van der Waals surface area (Å²) in [5, 5.41) is 0. The zero-order chi connectivity index (χ0) is 14.5. The van der Waals surface area contributed by atoms with Crippen molar-refractivity contribution in [1.29, 1.82) is 0 Å². The van der Waals surface area contributed by atoms with Gasteiger partial charge in [-0.3, -0.25) is 0 Å². The van der Waals surface area contributed by atoms with E-state index in [0.29, 0.717) is 0 Å². The van der Waals surface area contributed by atoms with Crippen LogP contribution >= 0.6 is 0 Å². The van der Waals surface area contributed by atoms with Gasteiger partial charge < -0.3 is 17.0 Å². The molecule has 0 fully saturated rings. The molecule has 0 N–H and O–H groups in total. The molecule has 0 bridgehead atoms. The third-order valence-corrected chi connectivity index (χ3v) is 12.1. The van der Waals surface area contributed by atoms with Gasteiger partial charge in [-0.05, 0) is 0 Å². The monoisotopic (exact) mass is 432 g/mol. The van der Waals surface area contributed by atoms with E-state index in [1.54, 1.807) is 0 Å². The molecule has 108 valence electrons. The zero-order valence-electron chi connectivity index (χ0n) is 12.7. The summed E-state index contributed by atoms with van der Waals surface area (Å²) in [5.41, 5.74) is 0. The van der Waals surface area contributed by atoms with Crippen LogP contribution < -0.4 is 30.2 Å². The first-order valence-electron chi connectivity index (χ1n) is 6.98. The topological polar surface area (TPSA) is 0 Å². The van der Waals surface area contributed by atoms with E-state index in [4.69, 9.17) is 6.42 Å². The van der Waals surface area contributed by atoms with Crippen molar-refractivity contribution in [1.82, 2.24) is 0 Å². The molecule has 3 aromatic rings. The predicted octanol–water partition coefficient (Wildman–Crippen LogP) is -1.09. The van der Waals surface area contributed by atoms with Gasteiger partial charge in [0, 0.05) is 0 Å². The van der Waals surface area contributed by atoms with Crippen LogP contribution in [0.2, 0.25) is 0 Å². The van der Waals surface area contributed by atoms with Crippen molar-refractivity contribution >= 4 is 49.5 Å². The minimum atomic E-state index is -3.12. The second-order valence-corrected chi connectivity index (χ2v) is 12.3. The third-order valence-electron chi connectivity index (χ3n) is 3.81. The second kappa shape index (κ2) is 9.34. The second-order valence-electron chi connectivity index (χ2n) is 4.97. The largest absolute Gasteiger partial charge is 2.00 e. The van der Waals surface area contributed by atoms with Crippen LogP contribution in [0.5, 0.6) is 0 Å². The van der Waals surface area contributed by atoms with Gasteiger partial charge in [-0.1, -0.05) is 0 Å².